The molecule has 0 aliphatic carbocycles. The van der Waals surface area contributed by atoms with Gasteiger partial charge in [0, 0.05) is 5.56 Å². The minimum Gasteiger partial charge on any atom is -0.480 e. The number of carboxylic acids is 1. The van der Waals surface area contributed by atoms with Gasteiger partial charge in [-0.3, -0.25) is 4.79 Å². The Labute approximate surface area is 89.1 Å². The molecule has 0 spiro atoms. The summed E-state index contributed by atoms with van der Waals surface area (Å²) >= 11 is 0. The van der Waals surface area contributed by atoms with E-state index in [0.29, 0.717) is 6.07 Å². The third-order valence-corrected chi connectivity index (χ3v) is 1.67. The van der Waals surface area contributed by atoms with Crippen molar-refractivity contribution < 1.29 is 23.1 Å². The van der Waals surface area contributed by atoms with Crippen LogP contribution in [0.2, 0.25) is 0 Å². The molecule has 0 fully saturated rings. The van der Waals surface area contributed by atoms with E-state index in [2.05, 4.69) is 0 Å². The van der Waals surface area contributed by atoms with Gasteiger partial charge in [0.15, 0.2) is 17.5 Å². The van der Waals surface area contributed by atoms with Gasteiger partial charge in [-0.2, -0.15) is 0 Å². The number of aliphatic carboxylic acids is 1. The summed E-state index contributed by atoms with van der Waals surface area (Å²) in [4.78, 5) is 10.3. The van der Waals surface area contributed by atoms with Crippen LogP contribution in [0.1, 0.15) is 11.6 Å². The van der Waals surface area contributed by atoms with Crippen LogP contribution in [0, 0.1) is 17.5 Å². The van der Waals surface area contributed by atoms with Crippen molar-refractivity contribution in [2.45, 2.75) is 6.04 Å². The maximum atomic E-state index is 12.9. The maximum absolute atomic E-state index is 12.9. The van der Waals surface area contributed by atoms with Gasteiger partial charge in [-0.05, 0) is 6.07 Å². The first-order chi connectivity index (χ1) is 6.45. The number of hydrogen-bond donors (Lipinski definition) is 2. The van der Waals surface area contributed by atoms with Crippen molar-refractivity contribution in [2.75, 3.05) is 0 Å². The molecule has 0 aromatic heterocycles. The minimum absolute atomic E-state index is 0. The highest BCUT2D eigenvalue weighted by Gasteiger charge is 2.22. The van der Waals surface area contributed by atoms with Crippen molar-refractivity contribution in [3.63, 3.8) is 0 Å². The van der Waals surface area contributed by atoms with Crippen LogP contribution in [0.5, 0.6) is 0 Å². The van der Waals surface area contributed by atoms with Crippen LogP contribution < -0.4 is 5.73 Å². The Morgan fingerprint density at radius 1 is 1.27 bits per heavy atom. The van der Waals surface area contributed by atoms with Crippen molar-refractivity contribution in [2.24, 2.45) is 5.73 Å². The zero-order chi connectivity index (χ0) is 10.9. The number of rotatable bonds is 2. The number of carbonyl (C=O) groups is 1. The summed E-state index contributed by atoms with van der Waals surface area (Å²) in [5, 5.41) is 8.41. The van der Waals surface area contributed by atoms with Crippen molar-refractivity contribution in [1.82, 2.24) is 0 Å². The number of carboxylic acid groups (broad SMARTS) is 1. The van der Waals surface area contributed by atoms with Gasteiger partial charge < -0.3 is 10.8 Å². The number of hydrogen-bond acceptors (Lipinski definition) is 2. The van der Waals surface area contributed by atoms with E-state index in [9.17, 15) is 18.0 Å². The third-order valence-electron chi connectivity index (χ3n) is 1.67. The Hall–Kier alpha value is -1.27. The molecule has 1 atom stereocenters. The lowest BCUT2D eigenvalue weighted by Crippen LogP contribution is -2.22. The van der Waals surface area contributed by atoms with Crippen molar-refractivity contribution in [3.8, 4) is 0 Å². The van der Waals surface area contributed by atoms with Crippen molar-refractivity contribution in [1.29, 1.82) is 0 Å². The number of halogens is 4. The second kappa shape index (κ2) is 4.99. The molecule has 1 aromatic rings. The van der Waals surface area contributed by atoms with Gasteiger partial charge >= 0.3 is 5.97 Å². The van der Waals surface area contributed by atoms with Crippen LogP contribution in [0.3, 0.4) is 0 Å². The fourth-order valence-electron chi connectivity index (χ4n) is 0.914. The molecule has 0 aliphatic heterocycles. The summed E-state index contributed by atoms with van der Waals surface area (Å²) in [5.41, 5.74) is 4.44. The Balaban J connectivity index is 0.00000196. The van der Waals surface area contributed by atoms with Gasteiger partial charge in [0.2, 0.25) is 0 Å². The summed E-state index contributed by atoms with van der Waals surface area (Å²) in [7, 11) is 0. The molecule has 0 unspecified atom stereocenters. The lowest BCUT2D eigenvalue weighted by molar-refractivity contribution is -0.138. The molecular formula is C8H7ClF3NO2. The van der Waals surface area contributed by atoms with Gasteiger partial charge in [0.1, 0.15) is 6.04 Å². The van der Waals surface area contributed by atoms with Gasteiger partial charge in [0.05, 0.1) is 0 Å². The Morgan fingerprint density at radius 2 is 1.80 bits per heavy atom. The lowest BCUT2D eigenvalue weighted by Gasteiger charge is -2.08. The van der Waals surface area contributed by atoms with E-state index in [-0.39, 0.29) is 12.4 Å². The highest BCUT2D eigenvalue weighted by atomic mass is 35.5. The molecule has 0 amide bonds. The molecule has 0 aliphatic rings. The fourth-order valence-corrected chi connectivity index (χ4v) is 0.914. The van der Waals surface area contributed by atoms with E-state index in [0.717, 1.165) is 6.07 Å². The molecule has 0 heterocycles. The predicted octanol–water partition coefficient (Wildman–Crippen LogP) is 1.61. The summed E-state index contributed by atoms with van der Waals surface area (Å²) in [6.07, 6.45) is 0. The molecule has 1 aromatic carbocycles. The van der Waals surface area contributed by atoms with E-state index in [1.54, 1.807) is 0 Å². The normalized spacial score (nSPS) is 11.7. The standard InChI is InChI=1S/C8H6F3NO2.ClH/c9-4-2-1-3(5(10)6(4)11)7(12)8(13)14;/h1-2,7H,12H2,(H,13,14);1H/t7-;/m0./s1. The number of nitrogens with two attached hydrogens (primary N) is 1. The molecule has 84 valence electrons. The van der Waals surface area contributed by atoms with Crippen molar-refractivity contribution >= 4 is 18.4 Å². The van der Waals surface area contributed by atoms with Crippen LogP contribution in [0.15, 0.2) is 12.1 Å². The Kier molecular flexibility index (Phi) is 4.57. The first-order valence-corrected chi connectivity index (χ1v) is 3.57. The smallest absolute Gasteiger partial charge is 0.325 e. The molecule has 15 heavy (non-hydrogen) atoms. The highest BCUT2D eigenvalue weighted by Crippen LogP contribution is 2.19. The first kappa shape index (κ1) is 13.7. The van der Waals surface area contributed by atoms with Crippen molar-refractivity contribution in [3.05, 3.63) is 35.1 Å². The summed E-state index contributed by atoms with van der Waals surface area (Å²) < 4.78 is 38.0. The Morgan fingerprint density at radius 3 is 2.27 bits per heavy atom. The lowest BCUT2D eigenvalue weighted by atomic mass is 10.1. The molecule has 1 rings (SSSR count). The van der Waals surface area contributed by atoms with Crippen LogP contribution in [0.25, 0.3) is 0 Å². The van der Waals surface area contributed by atoms with E-state index in [1.165, 1.54) is 0 Å². The molecule has 0 radical (unpaired) electrons. The maximum Gasteiger partial charge on any atom is 0.325 e. The Bertz CT molecular complexity index is 386. The first-order valence-electron chi connectivity index (χ1n) is 3.57. The van der Waals surface area contributed by atoms with E-state index in [1.807, 2.05) is 0 Å². The zero-order valence-electron chi connectivity index (χ0n) is 7.21. The van der Waals surface area contributed by atoms with Gasteiger partial charge in [-0.1, -0.05) is 6.07 Å². The second-order valence-electron chi connectivity index (χ2n) is 2.58. The van der Waals surface area contributed by atoms with Crippen LogP contribution in [-0.4, -0.2) is 11.1 Å². The second-order valence-corrected chi connectivity index (χ2v) is 2.58. The van der Waals surface area contributed by atoms with E-state index < -0.39 is 35.0 Å². The van der Waals surface area contributed by atoms with E-state index >= 15 is 0 Å². The SMILES string of the molecule is Cl.N[C@H](C(=O)O)c1ccc(F)c(F)c1F. The monoisotopic (exact) mass is 241 g/mol. The quantitative estimate of drug-likeness (QED) is 0.774. The predicted molar refractivity (Wildman–Crippen MR) is 48.1 cm³/mol. The fraction of sp³-hybridized carbons (Fsp3) is 0.125. The van der Waals surface area contributed by atoms with Gasteiger partial charge in [-0.25, -0.2) is 13.2 Å². The number of benzene rings is 1. The van der Waals surface area contributed by atoms with Crippen LogP contribution in [-0.2, 0) is 4.79 Å². The molecular weight excluding hydrogens is 235 g/mol. The summed E-state index contributed by atoms with van der Waals surface area (Å²) in [6, 6.07) is -0.284. The van der Waals surface area contributed by atoms with Gasteiger partial charge in [-0.15, -0.1) is 12.4 Å². The van der Waals surface area contributed by atoms with E-state index in [4.69, 9.17) is 10.8 Å². The molecule has 0 saturated heterocycles. The third kappa shape index (κ3) is 2.60. The average Bonchev–Trinajstić information content (AvgIpc) is 2.13. The van der Waals surface area contributed by atoms with Crippen LogP contribution >= 0.6 is 12.4 Å². The van der Waals surface area contributed by atoms with Gasteiger partial charge in [0.25, 0.3) is 0 Å². The highest BCUT2D eigenvalue weighted by molar-refractivity contribution is 5.85. The molecule has 0 bridgehead atoms. The molecule has 7 heteroatoms. The minimum atomic E-state index is -1.72. The molecule has 3 nitrogen and oxygen atoms in total. The average molecular weight is 242 g/mol. The molecule has 3 N–H and O–H groups in total. The summed E-state index contributed by atoms with van der Waals surface area (Å²) in [5.74, 6) is -6.20. The largest absolute Gasteiger partial charge is 0.480 e. The zero-order valence-corrected chi connectivity index (χ0v) is 8.02. The topological polar surface area (TPSA) is 63.3 Å². The summed E-state index contributed by atoms with van der Waals surface area (Å²) in [6.45, 7) is 0. The van der Waals surface area contributed by atoms with Crippen LogP contribution in [0.4, 0.5) is 13.2 Å². The molecule has 0 saturated carbocycles.